The maximum absolute atomic E-state index is 14.4. The van der Waals surface area contributed by atoms with Gasteiger partial charge in [0, 0.05) is 12.6 Å². The first-order valence-corrected chi connectivity index (χ1v) is 16.9. The average Bonchev–Trinajstić information content (AvgIpc) is 3.00. The van der Waals surface area contributed by atoms with Crippen LogP contribution in [0, 0.1) is 20.8 Å². The molecule has 1 aliphatic rings. The minimum atomic E-state index is -4.12. The summed E-state index contributed by atoms with van der Waals surface area (Å²) >= 11 is 0. The number of amides is 2. The van der Waals surface area contributed by atoms with Gasteiger partial charge >= 0.3 is 0 Å². The molecule has 44 heavy (non-hydrogen) atoms. The fourth-order valence-corrected chi connectivity index (χ4v) is 7.25. The van der Waals surface area contributed by atoms with Crippen molar-refractivity contribution in [2.75, 3.05) is 18.0 Å². The Morgan fingerprint density at radius 2 is 1.50 bits per heavy atom. The number of benzene rings is 3. The first-order valence-electron chi connectivity index (χ1n) is 15.4. The van der Waals surface area contributed by atoms with Gasteiger partial charge < -0.3 is 15.0 Å². The molecule has 1 fully saturated rings. The Labute approximate surface area is 262 Å². The zero-order valence-electron chi connectivity index (χ0n) is 26.5. The van der Waals surface area contributed by atoms with Gasteiger partial charge in [0.05, 0.1) is 17.7 Å². The average molecular weight is 620 g/mol. The minimum Gasteiger partial charge on any atom is -0.497 e. The van der Waals surface area contributed by atoms with Crippen LogP contribution in [0.15, 0.2) is 71.6 Å². The summed E-state index contributed by atoms with van der Waals surface area (Å²) in [4.78, 5) is 29.7. The molecule has 8 nitrogen and oxygen atoms in total. The molecule has 9 heteroatoms. The van der Waals surface area contributed by atoms with E-state index in [1.54, 1.807) is 43.5 Å². The fraction of sp³-hybridized carbons (Fsp3) is 0.429. The second kappa shape index (κ2) is 14.8. The molecule has 0 aliphatic heterocycles. The van der Waals surface area contributed by atoms with Crippen LogP contribution >= 0.6 is 0 Å². The number of anilines is 1. The van der Waals surface area contributed by atoms with E-state index in [9.17, 15) is 18.0 Å². The fourth-order valence-electron chi connectivity index (χ4n) is 5.85. The highest BCUT2D eigenvalue weighted by Gasteiger charge is 2.34. The van der Waals surface area contributed by atoms with Gasteiger partial charge in [-0.1, -0.05) is 62.1 Å². The van der Waals surface area contributed by atoms with E-state index in [0.29, 0.717) is 17.9 Å². The molecule has 0 saturated heterocycles. The molecule has 1 N–H and O–H groups in total. The molecule has 1 aliphatic carbocycles. The third-order valence-corrected chi connectivity index (χ3v) is 10.0. The summed E-state index contributed by atoms with van der Waals surface area (Å²) in [6.07, 6.45) is 5.52. The van der Waals surface area contributed by atoms with Crippen LogP contribution in [0.25, 0.3) is 0 Å². The number of sulfonamides is 1. The molecule has 1 saturated carbocycles. The van der Waals surface area contributed by atoms with E-state index in [0.717, 1.165) is 54.4 Å². The topological polar surface area (TPSA) is 96.0 Å². The van der Waals surface area contributed by atoms with Gasteiger partial charge in [-0.3, -0.25) is 13.9 Å². The number of ether oxygens (including phenoxy) is 1. The molecule has 1 unspecified atom stereocenters. The van der Waals surface area contributed by atoms with Crippen LogP contribution in [0.5, 0.6) is 5.75 Å². The standard InChI is InChI=1S/C35H45N3O5S/c1-6-33(35(40)36-29-10-8-7-9-11-29)37(23-28-14-16-31(43-5)17-15-28)34(39)24-38(30-21-26(3)20-27(4)22-30)44(41,42)32-18-12-25(2)13-19-32/h12-22,29,33H,6-11,23-24H2,1-5H3,(H,36,40). The smallest absolute Gasteiger partial charge is 0.264 e. The van der Waals surface area contributed by atoms with Crippen molar-refractivity contribution in [2.45, 2.75) is 89.7 Å². The Bertz CT molecular complexity index is 1510. The Balaban J connectivity index is 1.73. The van der Waals surface area contributed by atoms with Gasteiger partial charge in [-0.15, -0.1) is 0 Å². The predicted molar refractivity (Wildman–Crippen MR) is 174 cm³/mol. The van der Waals surface area contributed by atoms with E-state index in [1.807, 2.05) is 58.0 Å². The predicted octanol–water partition coefficient (Wildman–Crippen LogP) is 6.07. The zero-order valence-corrected chi connectivity index (χ0v) is 27.3. The molecule has 3 aromatic rings. The van der Waals surface area contributed by atoms with Crippen LogP contribution < -0.4 is 14.4 Å². The number of hydrogen-bond acceptors (Lipinski definition) is 5. The van der Waals surface area contributed by atoms with Gasteiger partial charge in [0.15, 0.2) is 0 Å². The van der Waals surface area contributed by atoms with E-state index in [4.69, 9.17) is 4.74 Å². The molecule has 0 spiro atoms. The lowest BCUT2D eigenvalue weighted by molar-refractivity contribution is -0.140. The van der Waals surface area contributed by atoms with Gasteiger partial charge in [-0.25, -0.2) is 8.42 Å². The van der Waals surface area contributed by atoms with Crippen molar-refractivity contribution in [1.29, 1.82) is 0 Å². The highest BCUT2D eigenvalue weighted by molar-refractivity contribution is 7.92. The van der Waals surface area contributed by atoms with Crippen LogP contribution in [0.4, 0.5) is 5.69 Å². The van der Waals surface area contributed by atoms with Crippen LogP contribution in [0.1, 0.15) is 67.7 Å². The van der Waals surface area contributed by atoms with Crippen LogP contribution in [-0.2, 0) is 26.2 Å². The molecular weight excluding hydrogens is 574 g/mol. The molecule has 4 rings (SSSR count). The summed E-state index contributed by atoms with van der Waals surface area (Å²) in [6, 6.07) is 18.8. The lowest BCUT2D eigenvalue weighted by atomic mass is 9.95. The van der Waals surface area contributed by atoms with Crippen molar-refractivity contribution < 1.29 is 22.7 Å². The SMILES string of the molecule is CCC(C(=O)NC1CCCCC1)N(Cc1ccc(OC)cc1)C(=O)CN(c1cc(C)cc(C)c1)S(=O)(=O)c1ccc(C)cc1. The normalized spacial score (nSPS) is 14.5. The second-order valence-electron chi connectivity index (χ2n) is 11.8. The molecule has 0 heterocycles. The second-order valence-corrected chi connectivity index (χ2v) is 13.7. The summed E-state index contributed by atoms with van der Waals surface area (Å²) in [5.41, 5.74) is 3.90. The first kappa shape index (κ1) is 33.1. The van der Waals surface area contributed by atoms with Crippen molar-refractivity contribution in [2.24, 2.45) is 0 Å². The molecule has 2 amide bonds. The molecule has 0 bridgehead atoms. The van der Waals surface area contributed by atoms with Gasteiger partial charge in [0.25, 0.3) is 10.0 Å². The minimum absolute atomic E-state index is 0.0805. The van der Waals surface area contributed by atoms with Crippen molar-refractivity contribution >= 4 is 27.5 Å². The van der Waals surface area contributed by atoms with Crippen molar-refractivity contribution in [3.8, 4) is 5.75 Å². The highest BCUT2D eigenvalue weighted by atomic mass is 32.2. The first-order chi connectivity index (χ1) is 21.0. The van der Waals surface area contributed by atoms with Crippen molar-refractivity contribution in [3.63, 3.8) is 0 Å². The molecule has 0 aromatic heterocycles. The van der Waals surface area contributed by atoms with Gasteiger partial charge in [0.2, 0.25) is 11.8 Å². The lowest BCUT2D eigenvalue weighted by Crippen LogP contribution is -2.54. The summed E-state index contributed by atoms with van der Waals surface area (Å²) < 4.78 is 34.8. The number of nitrogens with one attached hydrogen (secondary N) is 1. The quantitative estimate of drug-likeness (QED) is 0.266. The Morgan fingerprint density at radius 3 is 2.07 bits per heavy atom. The lowest BCUT2D eigenvalue weighted by Gasteiger charge is -2.34. The van der Waals surface area contributed by atoms with Gasteiger partial charge in [0.1, 0.15) is 18.3 Å². The Kier molecular flexibility index (Phi) is 11.1. The molecular formula is C35H45N3O5S. The van der Waals surface area contributed by atoms with Gasteiger partial charge in [-0.2, -0.15) is 0 Å². The number of hydrogen-bond donors (Lipinski definition) is 1. The van der Waals surface area contributed by atoms with Crippen LogP contribution in [-0.4, -0.2) is 50.9 Å². The monoisotopic (exact) mass is 619 g/mol. The van der Waals surface area contributed by atoms with Crippen LogP contribution in [0.2, 0.25) is 0 Å². The summed E-state index contributed by atoms with van der Waals surface area (Å²) in [7, 11) is -2.53. The number of methoxy groups -OCH3 is 1. The van der Waals surface area contributed by atoms with E-state index in [-0.39, 0.29) is 23.4 Å². The zero-order chi connectivity index (χ0) is 31.9. The Morgan fingerprint density at radius 1 is 0.886 bits per heavy atom. The maximum atomic E-state index is 14.4. The number of carbonyl (C=O) groups is 2. The number of rotatable bonds is 12. The molecule has 1 atom stereocenters. The van der Waals surface area contributed by atoms with Crippen molar-refractivity contribution in [3.05, 3.63) is 89.0 Å². The number of carbonyl (C=O) groups excluding carboxylic acids is 2. The van der Waals surface area contributed by atoms with E-state index in [2.05, 4.69) is 5.32 Å². The molecule has 0 radical (unpaired) electrons. The largest absolute Gasteiger partial charge is 0.497 e. The summed E-state index contributed by atoms with van der Waals surface area (Å²) in [6.45, 7) is 7.25. The van der Waals surface area contributed by atoms with E-state index >= 15 is 0 Å². The molecule has 236 valence electrons. The number of aryl methyl sites for hydroxylation is 3. The van der Waals surface area contributed by atoms with Gasteiger partial charge in [-0.05, 0) is 93.1 Å². The van der Waals surface area contributed by atoms with Crippen molar-refractivity contribution in [1.82, 2.24) is 10.2 Å². The maximum Gasteiger partial charge on any atom is 0.264 e. The summed E-state index contributed by atoms with van der Waals surface area (Å²) in [5.74, 6) is 0.0146. The summed E-state index contributed by atoms with van der Waals surface area (Å²) in [5, 5.41) is 3.19. The van der Waals surface area contributed by atoms with E-state index in [1.165, 1.54) is 9.21 Å². The third-order valence-electron chi connectivity index (χ3n) is 8.23. The highest BCUT2D eigenvalue weighted by Crippen LogP contribution is 2.27. The van der Waals surface area contributed by atoms with E-state index < -0.39 is 28.5 Å². The third kappa shape index (κ3) is 8.20. The number of nitrogens with zero attached hydrogens (tertiary/aromatic N) is 2. The van der Waals surface area contributed by atoms with Crippen LogP contribution in [0.3, 0.4) is 0 Å². The molecule has 3 aromatic carbocycles. The Hall–Kier alpha value is -3.85.